The highest BCUT2D eigenvalue weighted by Gasteiger charge is 2.29. The molecule has 1 aliphatic heterocycles. The van der Waals surface area contributed by atoms with Crippen LogP contribution in [-0.4, -0.2) is 35.5 Å². The van der Waals surface area contributed by atoms with Crippen LogP contribution in [0.5, 0.6) is 11.6 Å². The maximum absolute atomic E-state index is 13.5. The van der Waals surface area contributed by atoms with Crippen LogP contribution in [-0.2, 0) is 0 Å². The van der Waals surface area contributed by atoms with Crippen molar-refractivity contribution in [2.75, 3.05) is 29.4 Å². The molecule has 2 heterocycles. The number of anilines is 2. The number of amides is 1. The van der Waals surface area contributed by atoms with E-state index in [2.05, 4.69) is 27.9 Å². The molecule has 0 aliphatic carbocycles. The lowest BCUT2D eigenvalue weighted by Gasteiger charge is -2.37. The van der Waals surface area contributed by atoms with E-state index in [1.165, 1.54) is 12.5 Å². The number of hydrogen-bond donors (Lipinski definition) is 0. The van der Waals surface area contributed by atoms with E-state index in [0.29, 0.717) is 22.3 Å². The van der Waals surface area contributed by atoms with Crippen LogP contribution in [0.25, 0.3) is 0 Å². The average Bonchev–Trinajstić information content (AvgIpc) is 2.80. The third-order valence-corrected chi connectivity index (χ3v) is 5.69. The molecule has 0 radical (unpaired) electrons. The summed E-state index contributed by atoms with van der Waals surface area (Å²) in [5.41, 5.74) is 2.17. The minimum Gasteiger partial charge on any atom is -0.436 e. The van der Waals surface area contributed by atoms with Crippen molar-refractivity contribution in [1.82, 2.24) is 9.97 Å². The van der Waals surface area contributed by atoms with Crippen LogP contribution < -0.4 is 14.5 Å². The number of fused-ring (bicyclic) bond motifs is 1. The Morgan fingerprint density at radius 2 is 1.94 bits per heavy atom. The molecule has 31 heavy (non-hydrogen) atoms. The Balaban J connectivity index is 1.65. The van der Waals surface area contributed by atoms with E-state index < -0.39 is 0 Å². The minimum atomic E-state index is -0.226. The van der Waals surface area contributed by atoms with Crippen LogP contribution in [0.2, 0.25) is 10.0 Å². The largest absolute Gasteiger partial charge is 0.436 e. The summed E-state index contributed by atoms with van der Waals surface area (Å²) < 4.78 is 5.87. The molecule has 6 nitrogen and oxygen atoms in total. The zero-order valence-electron chi connectivity index (χ0n) is 17.1. The standard InChI is InChI=1S/C23H22Cl2N4O2/c1-2-3-10-28-11-12-29(20-7-5-4-6-19(20)28)23(30)17-14-26-15-27-22(17)31-21-13-16(24)8-9-18(21)25/h4-9,13-15H,2-3,10-12H2,1H3. The molecule has 0 N–H and O–H groups in total. The quantitative estimate of drug-likeness (QED) is 0.465. The Hall–Kier alpha value is -2.83. The van der Waals surface area contributed by atoms with Crippen LogP contribution in [0.1, 0.15) is 30.1 Å². The highest BCUT2D eigenvalue weighted by atomic mass is 35.5. The number of unbranched alkanes of at least 4 members (excludes halogenated alkanes) is 1. The van der Waals surface area contributed by atoms with Crippen LogP contribution in [0.4, 0.5) is 11.4 Å². The number of ether oxygens (including phenoxy) is 1. The van der Waals surface area contributed by atoms with Gasteiger partial charge in [-0.3, -0.25) is 4.79 Å². The van der Waals surface area contributed by atoms with Crippen molar-refractivity contribution >= 4 is 40.5 Å². The Morgan fingerprint density at radius 3 is 2.74 bits per heavy atom. The predicted octanol–water partition coefficient (Wildman–Crippen LogP) is 5.84. The number of aromatic nitrogens is 2. The molecule has 1 aliphatic rings. The van der Waals surface area contributed by atoms with E-state index in [-0.39, 0.29) is 17.4 Å². The summed E-state index contributed by atoms with van der Waals surface area (Å²) in [7, 11) is 0. The Bertz CT molecular complexity index is 1090. The highest BCUT2D eigenvalue weighted by Crippen LogP contribution is 2.36. The molecule has 0 atom stereocenters. The normalized spacial score (nSPS) is 13.1. The van der Waals surface area contributed by atoms with Gasteiger partial charge in [-0.05, 0) is 30.7 Å². The van der Waals surface area contributed by atoms with Gasteiger partial charge in [-0.2, -0.15) is 0 Å². The fourth-order valence-electron chi connectivity index (χ4n) is 3.56. The molecule has 1 aromatic heterocycles. The van der Waals surface area contributed by atoms with Crippen molar-refractivity contribution in [3.8, 4) is 11.6 Å². The fourth-order valence-corrected chi connectivity index (χ4v) is 3.88. The monoisotopic (exact) mass is 456 g/mol. The number of carbonyl (C=O) groups is 1. The van der Waals surface area contributed by atoms with Crippen molar-refractivity contribution in [1.29, 1.82) is 0 Å². The van der Waals surface area contributed by atoms with E-state index >= 15 is 0 Å². The van der Waals surface area contributed by atoms with E-state index in [9.17, 15) is 4.79 Å². The summed E-state index contributed by atoms with van der Waals surface area (Å²) in [6.07, 6.45) is 5.03. The molecule has 4 rings (SSSR count). The van der Waals surface area contributed by atoms with Gasteiger partial charge in [0.2, 0.25) is 5.88 Å². The smallest absolute Gasteiger partial charge is 0.265 e. The Labute approximate surface area is 191 Å². The SMILES string of the molecule is CCCCN1CCN(C(=O)c2cncnc2Oc2cc(Cl)ccc2Cl)c2ccccc21. The van der Waals surface area contributed by atoms with Crippen LogP contribution in [0.3, 0.4) is 0 Å². The molecule has 8 heteroatoms. The first-order valence-electron chi connectivity index (χ1n) is 10.2. The Morgan fingerprint density at radius 1 is 1.13 bits per heavy atom. The number of rotatable bonds is 6. The van der Waals surface area contributed by atoms with Crippen molar-refractivity contribution in [3.63, 3.8) is 0 Å². The first-order valence-corrected chi connectivity index (χ1v) is 10.9. The van der Waals surface area contributed by atoms with E-state index in [0.717, 1.165) is 37.3 Å². The number of carbonyl (C=O) groups excluding carboxylic acids is 1. The number of hydrogen-bond acceptors (Lipinski definition) is 5. The van der Waals surface area contributed by atoms with Gasteiger partial charge in [0.1, 0.15) is 17.6 Å². The van der Waals surface area contributed by atoms with E-state index in [4.69, 9.17) is 27.9 Å². The van der Waals surface area contributed by atoms with Crippen molar-refractivity contribution in [3.05, 3.63) is 70.6 Å². The number of halogens is 2. The molecule has 3 aromatic rings. The summed E-state index contributed by atoms with van der Waals surface area (Å²) in [5, 5.41) is 0.842. The highest BCUT2D eigenvalue weighted by molar-refractivity contribution is 6.34. The van der Waals surface area contributed by atoms with Gasteiger partial charge in [-0.15, -0.1) is 0 Å². The van der Waals surface area contributed by atoms with Gasteiger partial charge < -0.3 is 14.5 Å². The molecule has 0 saturated heterocycles. The molecule has 0 spiro atoms. The van der Waals surface area contributed by atoms with Crippen LogP contribution in [0.15, 0.2) is 55.0 Å². The summed E-state index contributed by atoms with van der Waals surface area (Å²) in [6, 6.07) is 12.8. The fraction of sp³-hybridized carbons (Fsp3) is 0.261. The second-order valence-electron chi connectivity index (χ2n) is 7.20. The molecule has 0 fully saturated rings. The van der Waals surface area contributed by atoms with Gasteiger partial charge in [-0.25, -0.2) is 9.97 Å². The second kappa shape index (κ2) is 9.54. The van der Waals surface area contributed by atoms with Gasteiger partial charge in [0.05, 0.1) is 16.4 Å². The van der Waals surface area contributed by atoms with Crippen molar-refractivity contribution in [2.24, 2.45) is 0 Å². The first-order chi connectivity index (χ1) is 15.1. The van der Waals surface area contributed by atoms with Crippen LogP contribution >= 0.6 is 23.2 Å². The zero-order chi connectivity index (χ0) is 21.8. The first kappa shape index (κ1) is 21.4. The maximum atomic E-state index is 13.5. The minimum absolute atomic E-state index is 0.134. The van der Waals surface area contributed by atoms with E-state index in [1.807, 2.05) is 18.2 Å². The molecular weight excluding hydrogens is 435 g/mol. The third-order valence-electron chi connectivity index (χ3n) is 5.14. The number of benzene rings is 2. The Kier molecular flexibility index (Phi) is 6.59. The van der Waals surface area contributed by atoms with E-state index in [1.54, 1.807) is 23.1 Å². The topological polar surface area (TPSA) is 58.6 Å². The summed E-state index contributed by atoms with van der Waals surface area (Å²) in [5.74, 6) is 0.234. The van der Waals surface area contributed by atoms with Gasteiger partial charge in [-0.1, -0.05) is 48.7 Å². The molecule has 0 unspecified atom stereocenters. The van der Waals surface area contributed by atoms with Crippen LogP contribution in [0, 0.1) is 0 Å². The molecule has 0 bridgehead atoms. The molecular formula is C23H22Cl2N4O2. The third kappa shape index (κ3) is 4.60. The average molecular weight is 457 g/mol. The zero-order valence-corrected chi connectivity index (χ0v) is 18.6. The van der Waals surface area contributed by atoms with Gasteiger partial charge in [0, 0.05) is 36.9 Å². The molecule has 2 aromatic carbocycles. The molecule has 1 amide bonds. The van der Waals surface area contributed by atoms with Crippen molar-refractivity contribution < 1.29 is 9.53 Å². The summed E-state index contributed by atoms with van der Waals surface area (Å²) in [4.78, 5) is 25.8. The van der Waals surface area contributed by atoms with Gasteiger partial charge >= 0.3 is 0 Å². The molecule has 160 valence electrons. The van der Waals surface area contributed by atoms with Gasteiger partial charge in [0.15, 0.2) is 0 Å². The number of nitrogens with zero attached hydrogens (tertiary/aromatic N) is 4. The van der Waals surface area contributed by atoms with Crippen molar-refractivity contribution in [2.45, 2.75) is 19.8 Å². The molecule has 0 saturated carbocycles. The number of para-hydroxylation sites is 2. The lowest BCUT2D eigenvalue weighted by atomic mass is 10.1. The maximum Gasteiger partial charge on any atom is 0.265 e. The van der Waals surface area contributed by atoms with Gasteiger partial charge in [0.25, 0.3) is 5.91 Å². The summed E-state index contributed by atoms with van der Waals surface area (Å²) in [6.45, 7) is 4.46. The lowest BCUT2D eigenvalue weighted by Crippen LogP contribution is -2.44. The predicted molar refractivity (Wildman–Crippen MR) is 124 cm³/mol. The summed E-state index contributed by atoms with van der Waals surface area (Å²) >= 11 is 12.3. The second-order valence-corrected chi connectivity index (χ2v) is 8.05. The lowest BCUT2D eigenvalue weighted by molar-refractivity contribution is 0.0983.